The van der Waals surface area contributed by atoms with Gasteiger partial charge in [-0.15, -0.1) is 11.3 Å². The number of thiophene rings is 1. The van der Waals surface area contributed by atoms with E-state index in [4.69, 9.17) is 0 Å². The van der Waals surface area contributed by atoms with Crippen molar-refractivity contribution >= 4 is 27.3 Å². The van der Waals surface area contributed by atoms with E-state index >= 15 is 0 Å². The number of hydrogen-bond acceptors (Lipinski definition) is 2. The van der Waals surface area contributed by atoms with Gasteiger partial charge in [0.1, 0.15) is 0 Å². The van der Waals surface area contributed by atoms with E-state index in [2.05, 4.69) is 39.6 Å². The van der Waals surface area contributed by atoms with E-state index in [9.17, 15) is 0 Å². The highest BCUT2D eigenvalue weighted by Crippen LogP contribution is 2.23. The average molecular weight is 262 g/mol. The minimum atomic E-state index is 0.774. The third-order valence-corrected chi connectivity index (χ3v) is 3.90. The number of halogens is 1. The molecule has 0 aliphatic rings. The summed E-state index contributed by atoms with van der Waals surface area (Å²) in [5, 5.41) is 5.39. The van der Waals surface area contributed by atoms with Crippen molar-refractivity contribution in [2.45, 2.75) is 19.8 Å². The van der Waals surface area contributed by atoms with Crippen LogP contribution in [0.2, 0.25) is 0 Å². The van der Waals surface area contributed by atoms with E-state index in [0.717, 1.165) is 12.5 Å². The van der Waals surface area contributed by atoms with Gasteiger partial charge in [-0.1, -0.05) is 13.3 Å². The molecule has 0 aliphatic carbocycles. The topological polar surface area (TPSA) is 12.0 Å². The molecule has 0 aliphatic heterocycles. The Bertz CT molecular complexity index is 247. The van der Waals surface area contributed by atoms with Crippen LogP contribution < -0.4 is 5.32 Å². The Morgan fingerprint density at radius 1 is 1.62 bits per heavy atom. The molecule has 3 heteroatoms. The van der Waals surface area contributed by atoms with Gasteiger partial charge in [-0.25, -0.2) is 0 Å². The molecule has 0 fully saturated rings. The highest BCUT2D eigenvalue weighted by molar-refractivity contribution is 9.10. The molecule has 0 saturated carbocycles. The van der Waals surface area contributed by atoms with E-state index in [0.29, 0.717) is 0 Å². The van der Waals surface area contributed by atoms with Gasteiger partial charge < -0.3 is 5.32 Å². The van der Waals surface area contributed by atoms with Crippen LogP contribution in [0.25, 0.3) is 0 Å². The van der Waals surface area contributed by atoms with Gasteiger partial charge in [0, 0.05) is 14.7 Å². The number of rotatable bonds is 5. The summed E-state index contributed by atoms with van der Waals surface area (Å²) in [6.45, 7) is 3.37. The standard InChI is InChI=1S/C10H16BrNS/c1-3-8(6-12-2)4-10-5-9(11)7-13-10/h5,7-8,12H,3-4,6H2,1-2H3. The molecule has 1 aromatic rings. The van der Waals surface area contributed by atoms with Gasteiger partial charge in [0.2, 0.25) is 0 Å². The zero-order valence-electron chi connectivity index (χ0n) is 8.14. The summed E-state index contributed by atoms with van der Waals surface area (Å²) in [6.07, 6.45) is 2.45. The Kier molecular flexibility index (Phi) is 4.99. The van der Waals surface area contributed by atoms with Crippen molar-refractivity contribution in [1.29, 1.82) is 0 Å². The predicted molar refractivity (Wildman–Crippen MR) is 63.4 cm³/mol. The van der Waals surface area contributed by atoms with Crippen molar-refractivity contribution < 1.29 is 0 Å². The molecule has 0 amide bonds. The Morgan fingerprint density at radius 2 is 2.38 bits per heavy atom. The molecule has 1 rings (SSSR count). The summed E-state index contributed by atoms with van der Waals surface area (Å²) in [4.78, 5) is 1.48. The molecule has 1 aromatic heterocycles. The van der Waals surface area contributed by atoms with Crippen LogP contribution in [0.1, 0.15) is 18.2 Å². The van der Waals surface area contributed by atoms with Crippen molar-refractivity contribution in [3.63, 3.8) is 0 Å². The molecule has 0 spiro atoms. The van der Waals surface area contributed by atoms with Gasteiger partial charge in [-0.3, -0.25) is 0 Å². The van der Waals surface area contributed by atoms with Gasteiger partial charge in [0.25, 0.3) is 0 Å². The van der Waals surface area contributed by atoms with E-state index in [1.54, 1.807) is 0 Å². The lowest BCUT2D eigenvalue weighted by Crippen LogP contribution is -2.19. The molecule has 1 heterocycles. The monoisotopic (exact) mass is 261 g/mol. The third-order valence-electron chi connectivity index (χ3n) is 2.18. The normalized spacial score (nSPS) is 13.2. The smallest absolute Gasteiger partial charge is 0.0285 e. The minimum absolute atomic E-state index is 0.774. The van der Waals surface area contributed by atoms with Crippen LogP contribution in [0.15, 0.2) is 15.9 Å². The quantitative estimate of drug-likeness (QED) is 0.858. The molecule has 1 unspecified atom stereocenters. The maximum Gasteiger partial charge on any atom is 0.0285 e. The largest absolute Gasteiger partial charge is 0.319 e. The fourth-order valence-electron chi connectivity index (χ4n) is 1.39. The minimum Gasteiger partial charge on any atom is -0.319 e. The lowest BCUT2D eigenvalue weighted by atomic mass is 10.0. The first kappa shape index (κ1) is 11.2. The molecule has 74 valence electrons. The Hall–Kier alpha value is 0.140. The van der Waals surface area contributed by atoms with E-state index in [1.807, 2.05) is 18.4 Å². The highest BCUT2D eigenvalue weighted by Gasteiger charge is 2.07. The maximum absolute atomic E-state index is 3.48. The van der Waals surface area contributed by atoms with Crippen molar-refractivity contribution in [2.24, 2.45) is 5.92 Å². The lowest BCUT2D eigenvalue weighted by Gasteiger charge is -2.12. The molecule has 13 heavy (non-hydrogen) atoms. The van der Waals surface area contributed by atoms with E-state index < -0.39 is 0 Å². The van der Waals surface area contributed by atoms with Gasteiger partial charge in [0.05, 0.1) is 0 Å². The zero-order chi connectivity index (χ0) is 9.68. The predicted octanol–water partition coefficient (Wildman–Crippen LogP) is 3.30. The summed E-state index contributed by atoms with van der Waals surface area (Å²) < 4.78 is 1.21. The highest BCUT2D eigenvalue weighted by atomic mass is 79.9. The van der Waals surface area contributed by atoms with Crippen LogP contribution in [-0.4, -0.2) is 13.6 Å². The Morgan fingerprint density at radius 3 is 2.85 bits per heavy atom. The zero-order valence-corrected chi connectivity index (χ0v) is 10.5. The van der Waals surface area contributed by atoms with Crippen molar-refractivity contribution in [2.75, 3.05) is 13.6 Å². The fourth-order valence-corrected chi connectivity index (χ4v) is 2.96. The molecule has 0 aromatic carbocycles. The fraction of sp³-hybridized carbons (Fsp3) is 0.600. The van der Waals surface area contributed by atoms with Gasteiger partial charge in [0.15, 0.2) is 0 Å². The first-order valence-electron chi connectivity index (χ1n) is 4.63. The summed E-state index contributed by atoms with van der Waals surface area (Å²) in [7, 11) is 2.02. The van der Waals surface area contributed by atoms with Crippen LogP contribution in [0, 0.1) is 5.92 Å². The molecular weight excluding hydrogens is 246 g/mol. The SMILES string of the molecule is CCC(CNC)Cc1cc(Br)cs1. The molecule has 0 saturated heterocycles. The first-order chi connectivity index (χ1) is 6.26. The van der Waals surface area contributed by atoms with E-state index in [1.165, 1.54) is 22.2 Å². The van der Waals surface area contributed by atoms with Gasteiger partial charge >= 0.3 is 0 Å². The molecule has 0 radical (unpaired) electrons. The second-order valence-electron chi connectivity index (χ2n) is 3.27. The van der Waals surface area contributed by atoms with Gasteiger partial charge in [-0.2, -0.15) is 0 Å². The second kappa shape index (κ2) is 5.78. The Balaban J connectivity index is 2.46. The summed E-state index contributed by atoms with van der Waals surface area (Å²) in [5.41, 5.74) is 0. The van der Waals surface area contributed by atoms with E-state index in [-0.39, 0.29) is 0 Å². The summed E-state index contributed by atoms with van der Waals surface area (Å²) in [5.74, 6) is 0.774. The molecule has 1 N–H and O–H groups in total. The van der Waals surface area contributed by atoms with Crippen LogP contribution >= 0.6 is 27.3 Å². The van der Waals surface area contributed by atoms with Crippen LogP contribution in [-0.2, 0) is 6.42 Å². The maximum atomic E-state index is 3.48. The first-order valence-corrected chi connectivity index (χ1v) is 6.31. The molecule has 1 nitrogen and oxygen atoms in total. The molecule has 1 atom stereocenters. The third kappa shape index (κ3) is 3.79. The lowest BCUT2D eigenvalue weighted by molar-refractivity contribution is 0.484. The van der Waals surface area contributed by atoms with Crippen molar-refractivity contribution in [3.05, 3.63) is 20.8 Å². The number of nitrogens with one attached hydrogen (secondary N) is 1. The second-order valence-corrected chi connectivity index (χ2v) is 5.18. The van der Waals surface area contributed by atoms with Crippen LogP contribution in [0.3, 0.4) is 0 Å². The van der Waals surface area contributed by atoms with Crippen molar-refractivity contribution in [3.8, 4) is 0 Å². The summed E-state index contributed by atoms with van der Waals surface area (Å²) in [6, 6.07) is 2.23. The molecule has 0 bridgehead atoms. The van der Waals surface area contributed by atoms with Crippen molar-refractivity contribution in [1.82, 2.24) is 5.32 Å². The van der Waals surface area contributed by atoms with Crippen LogP contribution in [0.5, 0.6) is 0 Å². The number of hydrogen-bond donors (Lipinski definition) is 1. The van der Waals surface area contributed by atoms with Crippen LogP contribution in [0.4, 0.5) is 0 Å². The average Bonchev–Trinajstić information content (AvgIpc) is 2.50. The summed E-state index contributed by atoms with van der Waals surface area (Å²) >= 11 is 5.32. The Labute approximate surface area is 92.7 Å². The molecular formula is C10H16BrNS. The van der Waals surface area contributed by atoms with Gasteiger partial charge in [-0.05, 0) is 47.9 Å².